The molecule has 12 heteroatoms. The molecule has 0 aliphatic carbocycles. The van der Waals surface area contributed by atoms with E-state index >= 15 is 0 Å². The van der Waals surface area contributed by atoms with Crippen LogP contribution in [0.15, 0.2) is 62.7 Å². The zero-order valence-corrected chi connectivity index (χ0v) is 21.7. The summed E-state index contributed by atoms with van der Waals surface area (Å²) in [7, 11) is -7.01. The zero-order chi connectivity index (χ0) is 25.9. The van der Waals surface area contributed by atoms with Crippen LogP contribution in [-0.2, 0) is 19.9 Å². The van der Waals surface area contributed by atoms with Crippen LogP contribution in [0, 0.1) is 0 Å². The maximum absolute atomic E-state index is 12.9. The average Bonchev–Trinajstić information content (AvgIpc) is 3.14. The summed E-state index contributed by atoms with van der Waals surface area (Å²) in [6.07, 6.45) is 3.72. The van der Waals surface area contributed by atoms with Crippen LogP contribution in [0.25, 0.3) is 11.5 Å². The van der Waals surface area contributed by atoms with Crippen molar-refractivity contribution in [1.29, 1.82) is 0 Å². The van der Waals surface area contributed by atoms with Gasteiger partial charge in [0.15, 0.2) is 9.84 Å². The molecule has 192 valence electrons. The normalized spacial score (nSPS) is 15.5. The Kier molecular flexibility index (Phi) is 7.57. The Morgan fingerprint density at radius 1 is 0.861 bits per heavy atom. The van der Waals surface area contributed by atoms with Gasteiger partial charge >= 0.3 is 6.01 Å². The lowest BCUT2D eigenvalue weighted by Crippen LogP contribution is -2.31. The van der Waals surface area contributed by atoms with E-state index in [2.05, 4.69) is 15.5 Å². The van der Waals surface area contributed by atoms with Gasteiger partial charge in [0.2, 0.25) is 15.9 Å². The van der Waals surface area contributed by atoms with E-state index in [1.165, 1.54) is 40.7 Å². The molecule has 1 saturated heterocycles. The molecule has 0 unspecified atom stereocenters. The Morgan fingerprint density at radius 2 is 1.44 bits per heavy atom. The van der Waals surface area contributed by atoms with Crippen molar-refractivity contribution in [2.24, 2.45) is 0 Å². The first-order valence-corrected chi connectivity index (χ1v) is 14.7. The largest absolute Gasteiger partial charge is 0.403 e. The molecule has 1 aliphatic heterocycles. The highest BCUT2D eigenvalue weighted by molar-refractivity contribution is 7.92. The fourth-order valence-corrected chi connectivity index (χ4v) is 6.41. The van der Waals surface area contributed by atoms with Crippen molar-refractivity contribution in [3.05, 3.63) is 54.1 Å². The van der Waals surface area contributed by atoms with Crippen LogP contribution >= 0.6 is 0 Å². The van der Waals surface area contributed by atoms with Gasteiger partial charge in [0.25, 0.3) is 5.91 Å². The first kappa shape index (κ1) is 26.0. The minimum atomic E-state index is -3.61. The smallest absolute Gasteiger partial charge is 0.322 e. The summed E-state index contributed by atoms with van der Waals surface area (Å²) in [5.74, 6) is -0.431. The van der Waals surface area contributed by atoms with E-state index in [0.717, 1.165) is 25.7 Å². The minimum Gasteiger partial charge on any atom is -0.403 e. The molecule has 36 heavy (non-hydrogen) atoms. The highest BCUT2D eigenvalue weighted by Crippen LogP contribution is 2.24. The van der Waals surface area contributed by atoms with Gasteiger partial charge < -0.3 is 4.42 Å². The fourth-order valence-electron chi connectivity index (χ4n) is 3.83. The topological polar surface area (TPSA) is 140 Å². The van der Waals surface area contributed by atoms with Gasteiger partial charge in [0, 0.05) is 24.2 Å². The maximum atomic E-state index is 12.9. The lowest BCUT2D eigenvalue weighted by atomic mass is 10.2. The van der Waals surface area contributed by atoms with Crippen LogP contribution in [-0.4, -0.2) is 55.6 Å². The predicted molar refractivity (Wildman–Crippen MR) is 134 cm³/mol. The summed E-state index contributed by atoms with van der Waals surface area (Å²) in [5, 5.41) is 9.66. The van der Waals surface area contributed by atoms with Gasteiger partial charge in [0.05, 0.1) is 15.0 Å². The van der Waals surface area contributed by atoms with Crippen LogP contribution in [0.3, 0.4) is 0 Å². The second-order valence-electron chi connectivity index (χ2n) is 8.83. The standard InChI is InChI=1S/C24H28N4O6S2/c1-17(2)35(30,31)20-11-9-19(10-12-20)23-26-27-24(34-23)25-22(29)18-7-13-21(14-8-18)36(32,33)28-15-5-3-4-6-16-28/h7-14,17H,3-6,15-16H2,1-2H3,(H,25,27,29). The number of rotatable bonds is 7. The quantitative estimate of drug-likeness (QED) is 0.485. The number of benzene rings is 2. The predicted octanol–water partition coefficient (Wildman–Crippen LogP) is 3.74. The van der Waals surface area contributed by atoms with Gasteiger partial charge in [-0.1, -0.05) is 17.9 Å². The number of amides is 1. The Balaban J connectivity index is 1.43. The second-order valence-corrected chi connectivity index (χ2v) is 13.3. The van der Waals surface area contributed by atoms with E-state index in [0.29, 0.717) is 18.7 Å². The first-order chi connectivity index (χ1) is 17.1. The van der Waals surface area contributed by atoms with Crippen molar-refractivity contribution < 1.29 is 26.0 Å². The molecule has 2 aromatic carbocycles. The van der Waals surface area contributed by atoms with Crippen LogP contribution in [0.4, 0.5) is 6.01 Å². The molecule has 3 aromatic rings. The molecule has 0 atom stereocenters. The SMILES string of the molecule is CC(C)S(=O)(=O)c1ccc(-c2nnc(NC(=O)c3ccc(S(=O)(=O)N4CCCCCC4)cc3)o2)cc1. The highest BCUT2D eigenvalue weighted by Gasteiger charge is 2.25. The summed E-state index contributed by atoms with van der Waals surface area (Å²) < 4.78 is 57.4. The number of carbonyl (C=O) groups is 1. The number of nitrogens with zero attached hydrogens (tertiary/aromatic N) is 3. The number of sulfone groups is 1. The van der Waals surface area contributed by atoms with E-state index < -0.39 is 31.0 Å². The van der Waals surface area contributed by atoms with Crippen molar-refractivity contribution in [3.63, 3.8) is 0 Å². The Labute approximate surface area is 210 Å². The molecule has 1 fully saturated rings. The average molecular weight is 533 g/mol. The van der Waals surface area contributed by atoms with Gasteiger partial charge in [-0.25, -0.2) is 16.8 Å². The lowest BCUT2D eigenvalue weighted by molar-refractivity contribution is 0.102. The first-order valence-electron chi connectivity index (χ1n) is 11.7. The van der Waals surface area contributed by atoms with Crippen molar-refractivity contribution in [3.8, 4) is 11.5 Å². The van der Waals surface area contributed by atoms with Crippen LogP contribution < -0.4 is 5.32 Å². The van der Waals surface area contributed by atoms with Crippen LogP contribution in [0.5, 0.6) is 0 Å². The number of sulfonamides is 1. The molecule has 1 aliphatic rings. The molecular formula is C24H28N4O6S2. The van der Waals surface area contributed by atoms with E-state index in [1.807, 2.05) is 0 Å². The van der Waals surface area contributed by atoms with Crippen molar-refractivity contribution in [1.82, 2.24) is 14.5 Å². The van der Waals surface area contributed by atoms with Gasteiger partial charge in [-0.15, -0.1) is 5.10 Å². The van der Waals surface area contributed by atoms with Gasteiger partial charge in [-0.3, -0.25) is 10.1 Å². The summed E-state index contributed by atoms with van der Waals surface area (Å²) in [6, 6.07) is 11.6. The number of nitrogens with one attached hydrogen (secondary N) is 1. The van der Waals surface area contributed by atoms with Crippen LogP contribution in [0.2, 0.25) is 0 Å². The summed E-state index contributed by atoms with van der Waals surface area (Å²) in [6.45, 7) is 4.22. The summed E-state index contributed by atoms with van der Waals surface area (Å²) in [4.78, 5) is 13.0. The number of aromatic nitrogens is 2. The molecular weight excluding hydrogens is 504 g/mol. The minimum absolute atomic E-state index is 0.109. The maximum Gasteiger partial charge on any atom is 0.322 e. The van der Waals surface area contributed by atoms with Gasteiger partial charge in [0.1, 0.15) is 0 Å². The monoisotopic (exact) mass is 532 g/mol. The van der Waals surface area contributed by atoms with E-state index in [-0.39, 0.29) is 27.3 Å². The molecule has 10 nitrogen and oxygen atoms in total. The Hall–Kier alpha value is -3.09. The fraction of sp³-hybridized carbons (Fsp3) is 0.375. The van der Waals surface area contributed by atoms with Crippen molar-refractivity contribution in [2.45, 2.75) is 54.6 Å². The third-order valence-corrected chi connectivity index (χ3v) is 10.1. The third kappa shape index (κ3) is 5.50. The van der Waals surface area contributed by atoms with E-state index in [4.69, 9.17) is 4.42 Å². The molecule has 0 bridgehead atoms. The van der Waals surface area contributed by atoms with E-state index in [1.54, 1.807) is 26.0 Å². The lowest BCUT2D eigenvalue weighted by Gasteiger charge is -2.19. The molecule has 2 heterocycles. The third-order valence-electron chi connectivity index (χ3n) is 6.02. The van der Waals surface area contributed by atoms with Gasteiger partial charge in [-0.2, -0.15) is 4.31 Å². The zero-order valence-electron chi connectivity index (χ0n) is 20.0. The molecule has 0 radical (unpaired) electrons. The van der Waals surface area contributed by atoms with Crippen molar-refractivity contribution in [2.75, 3.05) is 18.4 Å². The number of carbonyl (C=O) groups excluding carboxylic acids is 1. The van der Waals surface area contributed by atoms with Crippen LogP contribution in [0.1, 0.15) is 49.9 Å². The number of hydrogen-bond donors (Lipinski definition) is 1. The molecule has 0 saturated carbocycles. The number of anilines is 1. The summed E-state index contributed by atoms with van der Waals surface area (Å²) in [5.41, 5.74) is 0.724. The molecule has 1 amide bonds. The molecule has 0 spiro atoms. The molecule has 1 N–H and O–H groups in total. The Morgan fingerprint density at radius 3 is 2.03 bits per heavy atom. The highest BCUT2D eigenvalue weighted by atomic mass is 32.2. The number of hydrogen-bond acceptors (Lipinski definition) is 8. The Bertz CT molecular complexity index is 1420. The van der Waals surface area contributed by atoms with Crippen molar-refractivity contribution >= 4 is 31.8 Å². The van der Waals surface area contributed by atoms with E-state index in [9.17, 15) is 21.6 Å². The molecule has 1 aromatic heterocycles. The van der Waals surface area contributed by atoms with Gasteiger partial charge in [-0.05, 0) is 75.2 Å². The second kappa shape index (κ2) is 10.5. The molecule has 4 rings (SSSR count). The summed E-state index contributed by atoms with van der Waals surface area (Å²) >= 11 is 0.